The zero-order valence-electron chi connectivity index (χ0n) is 7.80. The lowest BCUT2D eigenvalue weighted by atomic mass is 10.2. The second kappa shape index (κ2) is 4.45. The Labute approximate surface area is 73.5 Å². The van der Waals surface area contributed by atoms with E-state index in [1.54, 1.807) is 7.11 Å². The monoisotopic (exact) mass is 171 g/mol. The molecule has 1 saturated carbocycles. The van der Waals surface area contributed by atoms with E-state index in [9.17, 15) is 4.79 Å². The Bertz CT molecular complexity index is 155. The molecule has 0 radical (unpaired) electrons. The third-order valence-corrected chi connectivity index (χ3v) is 2.02. The van der Waals surface area contributed by atoms with Crippen LogP contribution in [-0.2, 0) is 9.53 Å². The molecule has 3 nitrogen and oxygen atoms in total. The smallest absolute Gasteiger partial charge is 0.223 e. The predicted octanol–water partition coefficient (Wildman–Crippen LogP) is 0.795. The Morgan fingerprint density at radius 1 is 1.67 bits per heavy atom. The molecule has 0 heterocycles. The molecule has 0 saturated heterocycles. The standard InChI is InChI=1S/C9H17NO2/c1-7(6-12-2)5-10-9(11)8-3-4-8/h7-8H,3-6H2,1-2H3,(H,10,11). The number of nitrogens with one attached hydrogen (secondary N) is 1. The molecule has 1 atom stereocenters. The second-order valence-electron chi connectivity index (χ2n) is 3.58. The predicted molar refractivity (Wildman–Crippen MR) is 46.8 cm³/mol. The number of rotatable bonds is 5. The van der Waals surface area contributed by atoms with Gasteiger partial charge in [-0.05, 0) is 18.8 Å². The van der Waals surface area contributed by atoms with E-state index in [1.807, 2.05) is 0 Å². The molecule has 1 amide bonds. The molecular formula is C9H17NO2. The van der Waals surface area contributed by atoms with Gasteiger partial charge in [-0.15, -0.1) is 0 Å². The topological polar surface area (TPSA) is 38.3 Å². The summed E-state index contributed by atoms with van der Waals surface area (Å²) in [5.41, 5.74) is 0. The minimum atomic E-state index is 0.220. The molecule has 0 aromatic rings. The van der Waals surface area contributed by atoms with Crippen molar-refractivity contribution < 1.29 is 9.53 Å². The first-order valence-corrected chi connectivity index (χ1v) is 4.50. The number of carbonyl (C=O) groups is 1. The molecule has 1 aliphatic carbocycles. The maximum absolute atomic E-state index is 11.2. The molecular weight excluding hydrogens is 154 g/mol. The van der Waals surface area contributed by atoms with E-state index in [2.05, 4.69) is 12.2 Å². The normalized spacial score (nSPS) is 18.8. The Kier molecular flexibility index (Phi) is 3.53. The van der Waals surface area contributed by atoms with Gasteiger partial charge in [-0.25, -0.2) is 0 Å². The minimum absolute atomic E-state index is 0.220. The van der Waals surface area contributed by atoms with Crippen LogP contribution in [0.15, 0.2) is 0 Å². The lowest BCUT2D eigenvalue weighted by Gasteiger charge is -2.10. The van der Waals surface area contributed by atoms with Gasteiger partial charge in [0.25, 0.3) is 0 Å². The highest BCUT2D eigenvalue weighted by Crippen LogP contribution is 2.28. The molecule has 0 bridgehead atoms. The Morgan fingerprint density at radius 2 is 2.33 bits per heavy atom. The minimum Gasteiger partial charge on any atom is -0.384 e. The summed E-state index contributed by atoms with van der Waals surface area (Å²) >= 11 is 0. The summed E-state index contributed by atoms with van der Waals surface area (Å²) < 4.78 is 4.96. The molecule has 0 aromatic carbocycles. The van der Waals surface area contributed by atoms with Gasteiger partial charge >= 0.3 is 0 Å². The van der Waals surface area contributed by atoms with Gasteiger partial charge in [-0.1, -0.05) is 6.92 Å². The van der Waals surface area contributed by atoms with Crippen molar-refractivity contribution in [2.24, 2.45) is 11.8 Å². The Hall–Kier alpha value is -0.570. The first-order chi connectivity index (χ1) is 5.74. The molecule has 3 heteroatoms. The lowest BCUT2D eigenvalue weighted by molar-refractivity contribution is -0.122. The van der Waals surface area contributed by atoms with Crippen LogP contribution in [0.5, 0.6) is 0 Å². The van der Waals surface area contributed by atoms with E-state index < -0.39 is 0 Å². The summed E-state index contributed by atoms with van der Waals surface area (Å²) in [6.45, 7) is 3.52. The van der Waals surface area contributed by atoms with Crippen molar-refractivity contribution in [3.05, 3.63) is 0 Å². The average Bonchev–Trinajstić information content (AvgIpc) is 2.83. The van der Waals surface area contributed by atoms with Gasteiger partial charge in [0.05, 0.1) is 6.61 Å². The number of carbonyl (C=O) groups excluding carboxylic acids is 1. The van der Waals surface area contributed by atoms with Gasteiger partial charge in [0.2, 0.25) is 5.91 Å². The highest BCUT2D eigenvalue weighted by atomic mass is 16.5. The maximum atomic E-state index is 11.2. The van der Waals surface area contributed by atoms with E-state index >= 15 is 0 Å². The lowest BCUT2D eigenvalue weighted by Crippen LogP contribution is -2.30. The molecule has 12 heavy (non-hydrogen) atoms. The largest absolute Gasteiger partial charge is 0.384 e. The highest BCUT2D eigenvalue weighted by molar-refractivity contribution is 5.80. The summed E-state index contributed by atoms with van der Waals surface area (Å²) in [6, 6.07) is 0. The number of hydrogen-bond donors (Lipinski definition) is 1. The molecule has 1 aliphatic rings. The highest BCUT2D eigenvalue weighted by Gasteiger charge is 2.29. The Morgan fingerprint density at radius 3 is 2.83 bits per heavy atom. The zero-order valence-corrected chi connectivity index (χ0v) is 7.80. The summed E-state index contributed by atoms with van der Waals surface area (Å²) in [5.74, 6) is 0.954. The third kappa shape index (κ3) is 3.22. The third-order valence-electron chi connectivity index (χ3n) is 2.02. The van der Waals surface area contributed by atoms with Crippen LogP contribution in [0, 0.1) is 11.8 Å². The zero-order chi connectivity index (χ0) is 8.97. The molecule has 70 valence electrons. The van der Waals surface area contributed by atoms with Gasteiger partial charge in [-0.2, -0.15) is 0 Å². The SMILES string of the molecule is COCC(C)CNC(=O)C1CC1. The fraction of sp³-hybridized carbons (Fsp3) is 0.889. The van der Waals surface area contributed by atoms with Crippen molar-refractivity contribution in [2.45, 2.75) is 19.8 Å². The van der Waals surface area contributed by atoms with E-state index in [0.717, 1.165) is 19.4 Å². The summed E-state index contributed by atoms with van der Waals surface area (Å²) in [7, 11) is 1.68. The fourth-order valence-electron chi connectivity index (χ4n) is 1.11. The second-order valence-corrected chi connectivity index (χ2v) is 3.58. The van der Waals surface area contributed by atoms with Crippen LogP contribution in [0.1, 0.15) is 19.8 Å². The molecule has 0 aromatic heterocycles. The van der Waals surface area contributed by atoms with Gasteiger partial charge < -0.3 is 10.1 Å². The molecule has 0 spiro atoms. The summed E-state index contributed by atoms with van der Waals surface area (Å²) in [6.07, 6.45) is 2.15. The van der Waals surface area contributed by atoms with Crippen LogP contribution in [0.25, 0.3) is 0 Å². The molecule has 1 rings (SSSR count). The van der Waals surface area contributed by atoms with Crippen molar-refractivity contribution in [2.75, 3.05) is 20.3 Å². The van der Waals surface area contributed by atoms with E-state index in [1.165, 1.54) is 0 Å². The summed E-state index contributed by atoms with van der Waals surface area (Å²) in [4.78, 5) is 11.2. The van der Waals surface area contributed by atoms with Gasteiger partial charge in [-0.3, -0.25) is 4.79 Å². The molecule has 1 fully saturated rings. The van der Waals surface area contributed by atoms with Gasteiger partial charge in [0.1, 0.15) is 0 Å². The fourth-order valence-corrected chi connectivity index (χ4v) is 1.11. The van der Waals surface area contributed by atoms with Crippen molar-refractivity contribution in [3.63, 3.8) is 0 Å². The van der Waals surface area contributed by atoms with Crippen molar-refractivity contribution in [3.8, 4) is 0 Å². The number of methoxy groups -OCH3 is 1. The van der Waals surface area contributed by atoms with Crippen molar-refractivity contribution in [1.82, 2.24) is 5.32 Å². The van der Waals surface area contributed by atoms with Crippen LogP contribution in [0.3, 0.4) is 0 Å². The number of ether oxygens (including phenoxy) is 1. The first-order valence-electron chi connectivity index (χ1n) is 4.50. The number of hydrogen-bond acceptors (Lipinski definition) is 2. The van der Waals surface area contributed by atoms with Crippen LogP contribution in [0.2, 0.25) is 0 Å². The van der Waals surface area contributed by atoms with E-state index in [-0.39, 0.29) is 5.91 Å². The maximum Gasteiger partial charge on any atom is 0.223 e. The molecule has 1 unspecified atom stereocenters. The molecule has 0 aliphatic heterocycles. The van der Waals surface area contributed by atoms with Crippen LogP contribution in [-0.4, -0.2) is 26.2 Å². The van der Waals surface area contributed by atoms with Crippen LogP contribution in [0.4, 0.5) is 0 Å². The quantitative estimate of drug-likeness (QED) is 0.664. The van der Waals surface area contributed by atoms with Crippen LogP contribution < -0.4 is 5.32 Å². The Balaban J connectivity index is 2.03. The van der Waals surface area contributed by atoms with Crippen molar-refractivity contribution in [1.29, 1.82) is 0 Å². The van der Waals surface area contributed by atoms with Gasteiger partial charge in [0, 0.05) is 19.6 Å². The number of amides is 1. The molecule has 1 N–H and O–H groups in total. The van der Waals surface area contributed by atoms with Crippen molar-refractivity contribution >= 4 is 5.91 Å². The first kappa shape index (κ1) is 9.52. The average molecular weight is 171 g/mol. The van der Waals surface area contributed by atoms with E-state index in [4.69, 9.17) is 4.74 Å². The van der Waals surface area contributed by atoms with Gasteiger partial charge in [0.15, 0.2) is 0 Å². The summed E-state index contributed by atoms with van der Waals surface area (Å²) in [5, 5.41) is 2.91. The van der Waals surface area contributed by atoms with Crippen LogP contribution >= 0.6 is 0 Å². The van der Waals surface area contributed by atoms with E-state index in [0.29, 0.717) is 18.4 Å².